The van der Waals surface area contributed by atoms with E-state index in [1.807, 2.05) is 6.92 Å². The average molecular weight is 278 g/mol. The number of nitro benzene ring substituents is 1. The normalized spacial score (nSPS) is 10.3. The number of nitrogens with one attached hydrogen (secondary N) is 1. The third kappa shape index (κ3) is 5.01. The van der Waals surface area contributed by atoms with Gasteiger partial charge in [-0.3, -0.25) is 10.1 Å². The summed E-state index contributed by atoms with van der Waals surface area (Å²) in [6, 6.07) is 4.97. The molecule has 0 saturated heterocycles. The van der Waals surface area contributed by atoms with Crippen molar-refractivity contribution >= 4 is 5.69 Å². The second kappa shape index (κ2) is 8.32. The maximum absolute atomic E-state index is 11.0. The number of nitro groups is 1. The van der Waals surface area contributed by atoms with Crippen LogP contribution in [0.15, 0.2) is 30.4 Å². The standard InChI is InChI=1S/C15H22N2O3/c1-4-8-16-10-13-6-7-14(17(18)19)15(9-13)20-11-12(3)5-2/h6-7,9,16H,3-5,8,10-11H2,1-2H3. The summed E-state index contributed by atoms with van der Waals surface area (Å²) in [7, 11) is 0. The zero-order chi connectivity index (χ0) is 15.0. The van der Waals surface area contributed by atoms with Crippen LogP contribution in [0.5, 0.6) is 5.75 Å². The zero-order valence-electron chi connectivity index (χ0n) is 12.1. The molecular weight excluding hydrogens is 256 g/mol. The van der Waals surface area contributed by atoms with E-state index in [9.17, 15) is 10.1 Å². The Kier molecular flexibility index (Phi) is 6.73. The Morgan fingerprint density at radius 1 is 1.45 bits per heavy atom. The second-order valence-electron chi connectivity index (χ2n) is 4.63. The van der Waals surface area contributed by atoms with Crippen molar-refractivity contribution in [1.82, 2.24) is 5.32 Å². The van der Waals surface area contributed by atoms with Gasteiger partial charge >= 0.3 is 5.69 Å². The van der Waals surface area contributed by atoms with Gasteiger partial charge in [0.05, 0.1) is 4.92 Å². The van der Waals surface area contributed by atoms with Gasteiger partial charge in [-0.1, -0.05) is 26.5 Å². The molecule has 0 heterocycles. The van der Waals surface area contributed by atoms with Crippen LogP contribution in [-0.2, 0) is 6.54 Å². The molecule has 0 bridgehead atoms. The highest BCUT2D eigenvalue weighted by atomic mass is 16.6. The van der Waals surface area contributed by atoms with Gasteiger partial charge in [0.15, 0.2) is 5.75 Å². The maximum Gasteiger partial charge on any atom is 0.310 e. The average Bonchev–Trinajstić information content (AvgIpc) is 2.44. The summed E-state index contributed by atoms with van der Waals surface area (Å²) in [6.07, 6.45) is 1.85. The van der Waals surface area contributed by atoms with Crippen LogP contribution in [0.2, 0.25) is 0 Å². The van der Waals surface area contributed by atoms with E-state index in [0.29, 0.717) is 18.9 Å². The molecule has 20 heavy (non-hydrogen) atoms. The van der Waals surface area contributed by atoms with E-state index in [1.165, 1.54) is 6.07 Å². The highest BCUT2D eigenvalue weighted by molar-refractivity contribution is 5.48. The SMILES string of the molecule is C=C(CC)COc1cc(CNCCC)ccc1[N+](=O)[O-]. The van der Waals surface area contributed by atoms with Crippen LogP contribution < -0.4 is 10.1 Å². The zero-order valence-corrected chi connectivity index (χ0v) is 12.1. The Morgan fingerprint density at radius 2 is 2.20 bits per heavy atom. The van der Waals surface area contributed by atoms with Gasteiger partial charge in [-0.05, 0) is 36.6 Å². The Balaban J connectivity index is 2.82. The van der Waals surface area contributed by atoms with Crippen molar-refractivity contribution in [3.8, 4) is 5.75 Å². The molecule has 0 aliphatic rings. The molecule has 1 aromatic carbocycles. The van der Waals surface area contributed by atoms with Gasteiger partial charge in [0.2, 0.25) is 0 Å². The minimum atomic E-state index is -0.423. The number of ether oxygens (including phenoxy) is 1. The van der Waals surface area contributed by atoms with Gasteiger partial charge in [0, 0.05) is 12.6 Å². The van der Waals surface area contributed by atoms with Gasteiger partial charge in [0.25, 0.3) is 0 Å². The Hall–Kier alpha value is -1.88. The highest BCUT2D eigenvalue weighted by Crippen LogP contribution is 2.28. The summed E-state index contributed by atoms with van der Waals surface area (Å²) < 4.78 is 5.53. The molecule has 0 unspecified atom stereocenters. The summed E-state index contributed by atoms with van der Waals surface area (Å²) >= 11 is 0. The fourth-order valence-corrected chi connectivity index (χ4v) is 1.63. The van der Waals surface area contributed by atoms with Crippen LogP contribution >= 0.6 is 0 Å². The lowest BCUT2D eigenvalue weighted by molar-refractivity contribution is -0.385. The first-order valence-electron chi connectivity index (χ1n) is 6.86. The number of benzene rings is 1. The summed E-state index contributed by atoms with van der Waals surface area (Å²) in [5.74, 6) is 0.306. The molecule has 0 fully saturated rings. The van der Waals surface area contributed by atoms with Crippen LogP contribution in [0.25, 0.3) is 0 Å². The molecule has 0 spiro atoms. The smallest absolute Gasteiger partial charge is 0.310 e. The minimum absolute atomic E-state index is 0.00635. The van der Waals surface area contributed by atoms with E-state index in [4.69, 9.17) is 4.74 Å². The lowest BCUT2D eigenvalue weighted by Crippen LogP contribution is -2.14. The summed E-state index contributed by atoms with van der Waals surface area (Å²) in [5.41, 5.74) is 1.88. The molecule has 1 N–H and O–H groups in total. The lowest BCUT2D eigenvalue weighted by Gasteiger charge is -2.10. The van der Waals surface area contributed by atoms with Crippen molar-refractivity contribution in [3.05, 3.63) is 46.0 Å². The highest BCUT2D eigenvalue weighted by Gasteiger charge is 2.15. The molecule has 0 amide bonds. The fraction of sp³-hybridized carbons (Fsp3) is 0.467. The molecule has 5 heteroatoms. The molecule has 0 aliphatic heterocycles. The molecule has 0 aliphatic carbocycles. The number of hydrogen-bond donors (Lipinski definition) is 1. The van der Waals surface area contributed by atoms with Crippen LogP contribution in [0.4, 0.5) is 5.69 Å². The van der Waals surface area contributed by atoms with Gasteiger partial charge in [-0.25, -0.2) is 0 Å². The molecule has 5 nitrogen and oxygen atoms in total. The molecule has 1 rings (SSSR count). The molecular formula is C15H22N2O3. The molecule has 0 radical (unpaired) electrons. The molecule has 110 valence electrons. The quantitative estimate of drug-likeness (QED) is 0.325. The van der Waals surface area contributed by atoms with Gasteiger partial charge < -0.3 is 10.1 Å². The lowest BCUT2D eigenvalue weighted by atomic mass is 10.2. The Labute approximate surface area is 119 Å². The Bertz CT molecular complexity index is 472. The predicted molar refractivity (Wildman–Crippen MR) is 80.0 cm³/mol. The van der Waals surface area contributed by atoms with Crippen molar-refractivity contribution in [3.63, 3.8) is 0 Å². The third-order valence-electron chi connectivity index (χ3n) is 2.91. The van der Waals surface area contributed by atoms with Crippen molar-refractivity contribution in [2.45, 2.75) is 33.2 Å². The first kappa shape index (κ1) is 16.2. The second-order valence-corrected chi connectivity index (χ2v) is 4.63. The number of hydrogen-bond acceptors (Lipinski definition) is 4. The van der Waals surface area contributed by atoms with E-state index < -0.39 is 4.92 Å². The molecule has 0 atom stereocenters. The van der Waals surface area contributed by atoms with Gasteiger partial charge in [-0.2, -0.15) is 0 Å². The first-order chi connectivity index (χ1) is 9.58. The monoisotopic (exact) mass is 278 g/mol. The largest absolute Gasteiger partial charge is 0.482 e. The van der Waals surface area contributed by atoms with Crippen LogP contribution in [0, 0.1) is 10.1 Å². The van der Waals surface area contributed by atoms with Crippen LogP contribution in [0.3, 0.4) is 0 Å². The van der Waals surface area contributed by atoms with Gasteiger partial charge in [0.1, 0.15) is 6.61 Å². The molecule has 0 saturated carbocycles. The third-order valence-corrected chi connectivity index (χ3v) is 2.91. The summed E-state index contributed by atoms with van der Waals surface area (Å²) in [5, 5.41) is 14.3. The van der Waals surface area contributed by atoms with Crippen LogP contribution in [0.1, 0.15) is 32.3 Å². The topological polar surface area (TPSA) is 64.4 Å². The van der Waals surface area contributed by atoms with Crippen molar-refractivity contribution in [2.75, 3.05) is 13.2 Å². The van der Waals surface area contributed by atoms with E-state index in [0.717, 1.165) is 30.5 Å². The first-order valence-corrected chi connectivity index (χ1v) is 6.86. The van der Waals surface area contributed by atoms with Gasteiger partial charge in [-0.15, -0.1) is 0 Å². The van der Waals surface area contributed by atoms with E-state index >= 15 is 0 Å². The van der Waals surface area contributed by atoms with E-state index in [2.05, 4.69) is 18.8 Å². The number of rotatable bonds is 9. The van der Waals surface area contributed by atoms with Crippen molar-refractivity contribution in [2.24, 2.45) is 0 Å². The van der Waals surface area contributed by atoms with E-state index in [-0.39, 0.29) is 5.69 Å². The number of nitrogens with zero attached hydrogens (tertiary/aromatic N) is 1. The van der Waals surface area contributed by atoms with E-state index in [1.54, 1.807) is 12.1 Å². The van der Waals surface area contributed by atoms with Crippen molar-refractivity contribution in [1.29, 1.82) is 0 Å². The Morgan fingerprint density at radius 3 is 2.80 bits per heavy atom. The van der Waals surface area contributed by atoms with Crippen LogP contribution in [-0.4, -0.2) is 18.1 Å². The minimum Gasteiger partial charge on any atom is -0.482 e. The summed E-state index contributed by atoms with van der Waals surface area (Å²) in [4.78, 5) is 10.6. The summed E-state index contributed by atoms with van der Waals surface area (Å²) in [6.45, 7) is 9.81. The predicted octanol–water partition coefficient (Wildman–Crippen LogP) is 3.44. The van der Waals surface area contributed by atoms with Crippen molar-refractivity contribution < 1.29 is 9.66 Å². The molecule has 1 aromatic rings. The molecule has 0 aromatic heterocycles. The maximum atomic E-state index is 11.0. The fourth-order valence-electron chi connectivity index (χ4n) is 1.63.